The Hall–Kier alpha value is -6.30. The molecular weight excluding hydrogens is 873 g/mol. The number of amides is 2. The number of benzene rings is 3. The molecule has 2 amide bonds. The van der Waals surface area contributed by atoms with E-state index in [0.29, 0.717) is 6.26 Å². The Balaban J connectivity index is 0.000000330. The summed E-state index contributed by atoms with van der Waals surface area (Å²) in [6.45, 7) is 13.0. The van der Waals surface area contributed by atoms with Gasteiger partial charge in [0.1, 0.15) is 11.6 Å². The van der Waals surface area contributed by atoms with E-state index in [1.165, 1.54) is 26.2 Å². The van der Waals surface area contributed by atoms with Gasteiger partial charge in [0.2, 0.25) is 11.5 Å². The lowest BCUT2D eigenvalue weighted by molar-refractivity contribution is 0.0933. The molecule has 0 saturated carbocycles. The summed E-state index contributed by atoms with van der Waals surface area (Å²) < 4.78 is 57.7. The molecule has 0 spiro atoms. The number of carbonyl (C=O) groups excluding carboxylic acids is 2. The summed E-state index contributed by atoms with van der Waals surface area (Å²) in [7, 11) is -4.78. The molecule has 0 saturated heterocycles. The van der Waals surface area contributed by atoms with Gasteiger partial charge < -0.3 is 32.3 Å². The van der Waals surface area contributed by atoms with Crippen LogP contribution in [0.1, 0.15) is 88.1 Å². The summed E-state index contributed by atoms with van der Waals surface area (Å²) in [4.78, 5) is 57.0. The number of nitrogens with one attached hydrogen (secondary N) is 2. The Labute approximate surface area is 371 Å². The minimum absolute atomic E-state index is 0.0666. The summed E-state index contributed by atoms with van der Waals surface area (Å²) in [5.74, 6) is -2.21. The van der Waals surface area contributed by atoms with Crippen LogP contribution >= 0.6 is 0 Å². The van der Waals surface area contributed by atoms with Crippen LogP contribution in [0.4, 0.5) is 0 Å². The highest BCUT2D eigenvalue weighted by atomic mass is 32.2. The van der Waals surface area contributed by atoms with Crippen molar-refractivity contribution in [1.29, 1.82) is 0 Å². The van der Waals surface area contributed by atoms with Gasteiger partial charge in [-0.3, -0.25) is 37.4 Å². The Morgan fingerprint density at radius 1 is 0.609 bits per heavy atom. The maximum absolute atomic E-state index is 12.3. The first-order valence-corrected chi connectivity index (χ1v) is 22.3. The van der Waals surface area contributed by atoms with Crippen molar-refractivity contribution in [2.45, 2.75) is 77.5 Å². The molecule has 0 aliphatic rings. The second kappa shape index (κ2) is 21.9. The topological polar surface area (TPSA) is 329 Å². The molecule has 0 radical (unpaired) electrons. The van der Waals surface area contributed by atoms with Gasteiger partial charge in [-0.25, -0.2) is 9.97 Å². The van der Waals surface area contributed by atoms with Crippen LogP contribution in [-0.4, -0.2) is 73.3 Å². The molecule has 5 rings (SSSR count). The standard InChI is InChI=1S/2C17H22N4O3.C7H8O3S.CH4O3S/c2*1-10-5-7-11(8-6-10)9-19-14(23)12-13(22)15(24)21(4)16(20-12)17(2,3)18;1-6-2-4-7(5-3-6)11(8,9)10;1-5(2,3)4/h2*5-8,22H,9,18H2,1-4H3,(H,19,23);2-5H,1H3,(H,8,9,10);1H3,(H,2,3,4). The van der Waals surface area contributed by atoms with Crippen LogP contribution < -0.4 is 33.2 Å². The molecule has 0 aliphatic carbocycles. The first kappa shape index (κ1) is 53.8. The minimum Gasteiger partial charge on any atom is -0.501 e. The second-order valence-electron chi connectivity index (χ2n) is 15.8. The summed E-state index contributed by atoms with van der Waals surface area (Å²) in [6.07, 6.45) is 0.715. The van der Waals surface area contributed by atoms with Crippen LogP contribution in [0.15, 0.2) is 87.3 Å². The molecule has 2 heterocycles. The van der Waals surface area contributed by atoms with E-state index in [1.54, 1.807) is 39.8 Å². The van der Waals surface area contributed by atoms with E-state index in [2.05, 4.69) is 20.6 Å². The molecule has 0 fully saturated rings. The molecule has 0 unspecified atom stereocenters. The molecule has 3 aromatic carbocycles. The van der Waals surface area contributed by atoms with Gasteiger partial charge in [0, 0.05) is 27.2 Å². The normalized spacial score (nSPS) is 11.4. The lowest BCUT2D eigenvalue weighted by Gasteiger charge is -2.21. The zero-order chi connectivity index (χ0) is 49.1. The number of aromatic nitrogens is 4. The highest BCUT2D eigenvalue weighted by molar-refractivity contribution is 7.85. The summed E-state index contributed by atoms with van der Waals surface area (Å²) in [5, 5.41) is 25.3. The predicted molar refractivity (Wildman–Crippen MR) is 240 cm³/mol. The molecular formula is C42H56N8O12S2. The molecule has 0 atom stereocenters. The van der Waals surface area contributed by atoms with Crippen molar-refractivity contribution in [3.05, 3.63) is 144 Å². The molecule has 0 aliphatic heterocycles. The molecule has 20 nitrogen and oxygen atoms in total. The van der Waals surface area contributed by atoms with Gasteiger partial charge in [-0.05, 0) is 71.7 Å². The monoisotopic (exact) mass is 928 g/mol. The summed E-state index contributed by atoms with van der Waals surface area (Å²) in [5.41, 5.74) is 13.0. The van der Waals surface area contributed by atoms with E-state index in [9.17, 15) is 46.2 Å². The predicted octanol–water partition coefficient (Wildman–Crippen LogP) is 2.58. The number of carbonyl (C=O) groups is 2. The van der Waals surface area contributed by atoms with Gasteiger partial charge in [0.05, 0.1) is 22.2 Å². The first-order chi connectivity index (χ1) is 29.2. The van der Waals surface area contributed by atoms with Crippen LogP contribution in [0, 0.1) is 20.8 Å². The van der Waals surface area contributed by atoms with Gasteiger partial charge >= 0.3 is 0 Å². The zero-order valence-electron chi connectivity index (χ0n) is 37.2. The Kier molecular flexibility index (Phi) is 18.4. The van der Waals surface area contributed by atoms with E-state index in [-0.39, 0.29) is 41.0 Å². The third-order valence-corrected chi connectivity index (χ3v) is 9.45. The van der Waals surface area contributed by atoms with Crippen molar-refractivity contribution in [1.82, 2.24) is 29.7 Å². The van der Waals surface area contributed by atoms with Crippen molar-refractivity contribution in [3.63, 3.8) is 0 Å². The third kappa shape index (κ3) is 16.8. The Morgan fingerprint density at radius 2 is 0.875 bits per heavy atom. The van der Waals surface area contributed by atoms with Crippen LogP contribution in [-0.2, 0) is 58.5 Å². The van der Waals surface area contributed by atoms with Crippen molar-refractivity contribution in [2.75, 3.05) is 6.26 Å². The number of nitrogens with zero attached hydrogens (tertiary/aromatic N) is 4. The molecule has 22 heteroatoms. The van der Waals surface area contributed by atoms with E-state index in [1.807, 2.05) is 69.3 Å². The van der Waals surface area contributed by atoms with Gasteiger partial charge in [0.15, 0.2) is 11.4 Å². The van der Waals surface area contributed by atoms with E-state index < -0.39 is 65.7 Å². The van der Waals surface area contributed by atoms with Crippen LogP contribution in [0.2, 0.25) is 0 Å². The zero-order valence-corrected chi connectivity index (χ0v) is 38.8. The Bertz CT molecular complexity index is 2630. The largest absolute Gasteiger partial charge is 0.501 e. The fourth-order valence-corrected chi connectivity index (χ4v) is 5.78. The van der Waals surface area contributed by atoms with Crippen molar-refractivity contribution in [3.8, 4) is 11.5 Å². The van der Waals surface area contributed by atoms with Crippen LogP contribution in [0.5, 0.6) is 11.5 Å². The van der Waals surface area contributed by atoms with Crippen molar-refractivity contribution in [2.24, 2.45) is 25.6 Å². The fourth-order valence-electron chi connectivity index (χ4n) is 5.30. The Morgan fingerprint density at radius 3 is 1.12 bits per heavy atom. The molecule has 0 bridgehead atoms. The van der Waals surface area contributed by atoms with E-state index >= 15 is 0 Å². The van der Waals surface area contributed by atoms with Gasteiger partial charge in [-0.15, -0.1) is 0 Å². The lowest BCUT2D eigenvalue weighted by Crippen LogP contribution is -2.39. The number of rotatable bonds is 9. The molecule has 64 heavy (non-hydrogen) atoms. The highest BCUT2D eigenvalue weighted by Gasteiger charge is 2.28. The summed E-state index contributed by atoms with van der Waals surface area (Å²) in [6, 6.07) is 21.3. The number of hydrogen-bond donors (Lipinski definition) is 8. The highest BCUT2D eigenvalue weighted by Crippen LogP contribution is 2.19. The number of hydrogen-bond acceptors (Lipinski definition) is 14. The number of nitrogens with two attached hydrogens (primary N) is 2. The molecule has 2 aromatic heterocycles. The van der Waals surface area contributed by atoms with Gasteiger partial charge in [-0.1, -0.05) is 77.4 Å². The average molecular weight is 929 g/mol. The SMILES string of the molecule is CS(=O)(=O)O.Cc1ccc(CNC(=O)c2nc(C(C)(C)N)n(C)c(=O)c2O)cc1.Cc1ccc(CNC(=O)c2nc(C(C)(C)N)n(C)c(=O)c2O)cc1.Cc1ccc(S(=O)(=O)O)cc1. The van der Waals surface area contributed by atoms with Crippen LogP contribution in [0.3, 0.4) is 0 Å². The number of aryl methyl sites for hydroxylation is 3. The number of aromatic hydroxyl groups is 2. The van der Waals surface area contributed by atoms with Crippen molar-refractivity contribution < 1.29 is 45.7 Å². The molecule has 10 N–H and O–H groups in total. The van der Waals surface area contributed by atoms with E-state index in [0.717, 1.165) is 37.0 Å². The first-order valence-electron chi connectivity index (χ1n) is 19.0. The van der Waals surface area contributed by atoms with Gasteiger partial charge in [0.25, 0.3) is 43.2 Å². The smallest absolute Gasteiger partial charge is 0.296 e. The molecule has 5 aromatic rings. The lowest BCUT2D eigenvalue weighted by atomic mass is 10.1. The fraction of sp³-hybridized carbons (Fsp3) is 0.333. The second-order valence-corrected chi connectivity index (χ2v) is 18.7. The maximum atomic E-state index is 12.3. The van der Waals surface area contributed by atoms with E-state index in [4.69, 9.17) is 20.6 Å². The maximum Gasteiger partial charge on any atom is 0.296 e. The molecule has 348 valence electrons. The average Bonchev–Trinajstić information content (AvgIpc) is 3.17. The quantitative estimate of drug-likeness (QED) is 0.0985. The third-order valence-electron chi connectivity index (χ3n) is 8.58. The summed E-state index contributed by atoms with van der Waals surface area (Å²) >= 11 is 0. The van der Waals surface area contributed by atoms with Crippen LogP contribution in [0.25, 0.3) is 0 Å². The van der Waals surface area contributed by atoms with Crippen molar-refractivity contribution >= 4 is 32.1 Å². The van der Waals surface area contributed by atoms with Gasteiger partial charge in [-0.2, -0.15) is 16.8 Å². The minimum atomic E-state index is -4.02.